The lowest BCUT2D eigenvalue weighted by atomic mass is 9.87. The van der Waals surface area contributed by atoms with E-state index in [0.717, 1.165) is 5.57 Å². The first-order valence-electron chi connectivity index (χ1n) is 6.91. The van der Waals surface area contributed by atoms with Crippen molar-refractivity contribution in [3.63, 3.8) is 0 Å². The first-order chi connectivity index (χ1) is 9.20. The van der Waals surface area contributed by atoms with Crippen molar-refractivity contribution in [2.75, 3.05) is 0 Å². The monoisotopic (exact) mass is 279 g/mol. The van der Waals surface area contributed by atoms with E-state index in [1.165, 1.54) is 6.26 Å². The predicted molar refractivity (Wildman–Crippen MR) is 79.1 cm³/mol. The molecule has 1 aromatic heterocycles. The molecule has 0 bridgehead atoms. The smallest absolute Gasteiger partial charge is 0.244 e. The van der Waals surface area contributed by atoms with Gasteiger partial charge in [0.05, 0.1) is 6.26 Å². The second-order valence-corrected chi connectivity index (χ2v) is 6.25. The van der Waals surface area contributed by atoms with Gasteiger partial charge >= 0.3 is 0 Å². The first kappa shape index (κ1) is 16.5. The molecule has 0 saturated carbocycles. The largest absolute Gasteiger partial charge is 0.467 e. The molecule has 0 fully saturated rings. The van der Waals surface area contributed by atoms with E-state index >= 15 is 0 Å². The minimum Gasteiger partial charge on any atom is -0.467 e. The van der Waals surface area contributed by atoms with Gasteiger partial charge in [-0.15, -0.1) is 0 Å². The SMILES string of the molecule is C/C(=C/C(=O)NC(C)CC(O)c1ccco1)C(C)(C)C. The highest BCUT2D eigenvalue weighted by Gasteiger charge is 2.17. The molecule has 0 aliphatic rings. The Morgan fingerprint density at radius 1 is 1.50 bits per heavy atom. The number of furan rings is 1. The zero-order chi connectivity index (χ0) is 15.3. The Labute approximate surface area is 120 Å². The zero-order valence-electron chi connectivity index (χ0n) is 12.9. The van der Waals surface area contributed by atoms with Crippen LogP contribution in [0.2, 0.25) is 0 Å². The molecule has 1 heterocycles. The van der Waals surface area contributed by atoms with Gasteiger partial charge in [0, 0.05) is 18.5 Å². The highest BCUT2D eigenvalue weighted by molar-refractivity contribution is 5.88. The molecule has 112 valence electrons. The second-order valence-electron chi connectivity index (χ2n) is 6.25. The van der Waals surface area contributed by atoms with Gasteiger partial charge in [0.2, 0.25) is 5.91 Å². The number of hydrogen-bond donors (Lipinski definition) is 2. The minimum absolute atomic E-state index is 0.0196. The Balaban J connectivity index is 2.50. The molecule has 2 atom stereocenters. The molecular weight excluding hydrogens is 254 g/mol. The fourth-order valence-corrected chi connectivity index (χ4v) is 1.69. The van der Waals surface area contributed by atoms with Crippen LogP contribution in [0.3, 0.4) is 0 Å². The van der Waals surface area contributed by atoms with Crippen molar-refractivity contribution < 1.29 is 14.3 Å². The van der Waals surface area contributed by atoms with Crippen molar-refractivity contribution in [2.45, 2.75) is 53.2 Å². The lowest BCUT2D eigenvalue weighted by Gasteiger charge is -2.20. The summed E-state index contributed by atoms with van der Waals surface area (Å²) in [5.74, 6) is 0.393. The third kappa shape index (κ3) is 5.21. The molecule has 0 aliphatic heterocycles. The van der Waals surface area contributed by atoms with Crippen LogP contribution in [0.25, 0.3) is 0 Å². The minimum atomic E-state index is -0.701. The Kier molecular flexibility index (Phi) is 5.57. The third-order valence-electron chi connectivity index (χ3n) is 3.37. The van der Waals surface area contributed by atoms with E-state index < -0.39 is 6.10 Å². The van der Waals surface area contributed by atoms with Crippen molar-refractivity contribution in [3.8, 4) is 0 Å². The molecule has 4 nitrogen and oxygen atoms in total. The van der Waals surface area contributed by atoms with Crippen LogP contribution < -0.4 is 5.32 Å². The standard InChI is InChI=1S/C16H25NO3/c1-11(16(3,4)5)9-15(19)17-12(2)10-13(18)14-7-6-8-20-14/h6-9,12-13,18H,10H2,1-5H3,(H,17,19)/b11-9-. The highest BCUT2D eigenvalue weighted by Crippen LogP contribution is 2.24. The molecular formula is C16H25NO3. The summed E-state index contributed by atoms with van der Waals surface area (Å²) in [4.78, 5) is 11.9. The molecule has 0 aliphatic carbocycles. The van der Waals surface area contributed by atoms with Crippen LogP contribution in [-0.2, 0) is 4.79 Å². The Bertz CT molecular complexity index is 455. The number of aliphatic hydroxyl groups excluding tert-OH is 1. The number of hydrogen-bond acceptors (Lipinski definition) is 3. The predicted octanol–water partition coefficient (Wildman–Crippen LogP) is 3.20. The molecule has 0 saturated heterocycles. The molecule has 0 spiro atoms. The molecule has 2 unspecified atom stereocenters. The maximum Gasteiger partial charge on any atom is 0.244 e. The summed E-state index contributed by atoms with van der Waals surface area (Å²) in [6, 6.07) is 3.33. The number of rotatable bonds is 5. The maximum absolute atomic E-state index is 11.9. The molecule has 20 heavy (non-hydrogen) atoms. The number of amides is 1. The Morgan fingerprint density at radius 2 is 2.15 bits per heavy atom. The van der Waals surface area contributed by atoms with Crippen LogP contribution in [0.5, 0.6) is 0 Å². The zero-order valence-corrected chi connectivity index (χ0v) is 12.9. The molecule has 2 N–H and O–H groups in total. The van der Waals surface area contributed by atoms with Crippen LogP contribution in [0.4, 0.5) is 0 Å². The lowest BCUT2D eigenvalue weighted by Crippen LogP contribution is -2.33. The van der Waals surface area contributed by atoms with Crippen molar-refractivity contribution in [1.82, 2.24) is 5.32 Å². The van der Waals surface area contributed by atoms with Crippen LogP contribution in [-0.4, -0.2) is 17.1 Å². The quantitative estimate of drug-likeness (QED) is 0.814. The van der Waals surface area contributed by atoms with Crippen LogP contribution >= 0.6 is 0 Å². The third-order valence-corrected chi connectivity index (χ3v) is 3.37. The van der Waals surface area contributed by atoms with Gasteiger partial charge in [-0.1, -0.05) is 26.3 Å². The first-order valence-corrected chi connectivity index (χ1v) is 6.91. The fourth-order valence-electron chi connectivity index (χ4n) is 1.69. The maximum atomic E-state index is 11.9. The summed E-state index contributed by atoms with van der Waals surface area (Å²) in [6.07, 6.45) is 2.86. The lowest BCUT2D eigenvalue weighted by molar-refractivity contribution is -0.117. The average Bonchev–Trinajstić information content (AvgIpc) is 2.80. The van der Waals surface area contributed by atoms with Crippen LogP contribution in [0.1, 0.15) is 52.9 Å². The number of allylic oxidation sites excluding steroid dienone is 1. The number of carbonyl (C=O) groups excluding carboxylic acids is 1. The van der Waals surface area contributed by atoms with Gasteiger partial charge in [-0.05, 0) is 31.4 Å². The van der Waals surface area contributed by atoms with Gasteiger partial charge in [-0.3, -0.25) is 4.79 Å². The summed E-state index contributed by atoms with van der Waals surface area (Å²) in [5, 5.41) is 12.8. The summed E-state index contributed by atoms with van der Waals surface area (Å²) in [6.45, 7) is 10.0. The summed E-state index contributed by atoms with van der Waals surface area (Å²) in [5.41, 5.74) is 1.00. The van der Waals surface area contributed by atoms with Crippen molar-refractivity contribution in [1.29, 1.82) is 0 Å². The van der Waals surface area contributed by atoms with Crippen molar-refractivity contribution >= 4 is 5.91 Å². The van der Waals surface area contributed by atoms with E-state index in [1.807, 2.05) is 13.8 Å². The van der Waals surface area contributed by atoms with Crippen LogP contribution in [0.15, 0.2) is 34.5 Å². The van der Waals surface area contributed by atoms with E-state index in [4.69, 9.17) is 4.42 Å². The summed E-state index contributed by atoms with van der Waals surface area (Å²) < 4.78 is 5.14. The van der Waals surface area contributed by atoms with Gasteiger partial charge in [0.1, 0.15) is 11.9 Å². The number of nitrogens with one attached hydrogen (secondary N) is 1. The van der Waals surface area contributed by atoms with Gasteiger partial charge in [-0.25, -0.2) is 0 Å². The molecule has 0 radical (unpaired) electrons. The molecule has 0 aromatic carbocycles. The molecule has 4 heteroatoms. The molecule has 1 aromatic rings. The number of carbonyl (C=O) groups is 1. The van der Waals surface area contributed by atoms with Crippen molar-refractivity contribution in [3.05, 3.63) is 35.8 Å². The van der Waals surface area contributed by atoms with E-state index in [-0.39, 0.29) is 17.4 Å². The second kappa shape index (κ2) is 6.75. The van der Waals surface area contributed by atoms with E-state index in [9.17, 15) is 9.90 Å². The number of aliphatic hydroxyl groups is 1. The van der Waals surface area contributed by atoms with E-state index in [0.29, 0.717) is 12.2 Å². The van der Waals surface area contributed by atoms with E-state index in [2.05, 4.69) is 26.1 Å². The topological polar surface area (TPSA) is 62.5 Å². The highest BCUT2D eigenvalue weighted by atomic mass is 16.4. The molecule has 1 rings (SSSR count). The van der Waals surface area contributed by atoms with Gasteiger partial charge < -0.3 is 14.8 Å². The summed E-state index contributed by atoms with van der Waals surface area (Å²) >= 11 is 0. The Morgan fingerprint density at radius 3 is 2.65 bits per heavy atom. The van der Waals surface area contributed by atoms with Gasteiger partial charge in [0.15, 0.2) is 0 Å². The fraction of sp³-hybridized carbons (Fsp3) is 0.562. The van der Waals surface area contributed by atoms with Crippen LogP contribution in [0, 0.1) is 5.41 Å². The van der Waals surface area contributed by atoms with Crippen molar-refractivity contribution in [2.24, 2.45) is 5.41 Å². The summed E-state index contributed by atoms with van der Waals surface area (Å²) in [7, 11) is 0. The van der Waals surface area contributed by atoms with E-state index in [1.54, 1.807) is 18.2 Å². The normalized spacial score (nSPS) is 15.8. The van der Waals surface area contributed by atoms with Gasteiger partial charge in [0.25, 0.3) is 0 Å². The average molecular weight is 279 g/mol. The Hall–Kier alpha value is -1.55. The molecule has 1 amide bonds. The van der Waals surface area contributed by atoms with Gasteiger partial charge in [-0.2, -0.15) is 0 Å².